The Balaban J connectivity index is 1.95. The molecule has 0 aromatic carbocycles. The van der Waals surface area contributed by atoms with E-state index in [0.717, 1.165) is 16.7 Å². The number of aryl methyl sites for hydroxylation is 2. The van der Waals surface area contributed by atoms with Gasteiger partial charge in [0.2, 0.25) is 0 Å². The summed E-state index contributed by atoms with van der Waals surface area (Å²) in [6.45, 7) is 6.45. The van der Waals surface area contributed by atoms with Crippen molar-refractivity contribution < 1.29 is 0 Å². The predicted octanol–water partition coefficient (Wildman–Crippen LogP) is 3.88. The van der Waals surface area contributed by atoms with E-state index in [1.807, 2.05) is 17.4 Å². The summed E-state index contributed by atoms with van der Waals surface area (Å²) < 4.78 is 0. The van der Waals surface area contributed by atoms with Crippen LogP contribution in [0.3, 0.4) is 0 Å². The molecule has 0 aliphatic heterocycles. The van der Waals surface area contributed by atoms with Gasteiger partial charge in [0.25, 0.3) is 0 Å². The highest BCUT2D eigenvalue weighted by atomic mass is 32.1. The molecule has 1 atom stereocenters. The van der Waals surface area contributed by atoms with Crippen molar-refractivity contribution in [3.05, 3.63) is 46.2 Å². The molecule has 0 radical (unpaired) electrons. The molecule has 0 aliphatic rings. The maximum Gasteiger partial charge on any atom is 0.139 e. The van der Waals surface area contributed by atoms with Gasteiger partial charge >= 0.3 is 0 Å². The fraction of sp³-hybridized carbons (Fsp3) is 0.267. The standard InChI is InChI=1S/C15H16N4S/c1-9-6-12(11(3)20-9)10(2)19-15-13-7-16-5-4-14(13)17-8-18-15/h4-8,10H,1-3H3,(H,17,18,19)/t10-/m1/s1. The van der Waals surface area contributed by atoms with E-state index < -0.39 is 0 Å². The van der Waals surface area contributed by atoms with Crippen LogP contribution in [0.1, 0.15) is 28.3 Å². The van der Waals surface area contributed by atoms with E-state index in [4.69, 9.17) is 0 Å². The number of thiophene rings is 1. The van der Waals surface area contributed by atoms with E-state index in [0.29, 0.717) is 0 Å². The average Bonchev–Trinajstić information content (AvgIpc) is 2.78. The summed E-state index contributed by atoms with van der Waals surface area (Å²) in [5, 5.41) is 4.42. The van der Waals surface area contributed by atoms with Gasteiger partial charge in [0.15, 0.2) is 0 Å². The quantitative estimate of drug-likeness (QED) is 0.793. The number of hydrogen-bond donors (Lipinski definition) is 1. The number of pyridine rings is 1. The Morgan fingerprint density at radius 3 is 2.85 bits per heavy atom. The Kier molecular flexibility index (Phi) is 3.36. The fourth-order valence-electron chi connectivity index (χ4n) is 2.38. The average molecular weight is 284 g/mol. The van der Waals surface area contributed by atoms with Crippen LogP contribution in [0, 0.1) is 13.8 Å². The van der Waals surface area contributed by atoms with Gasteiger partial charge in [-0.15, -0.1) is 11.3 Å². The molecule has 0 unspecified atom stereocenters. The molecule has 0 saturated heterocycles. The molecule has 3 aromatic heterocycles. The highest BCUT2D eigenvalue weighted by molar-refractivity contribution is 7.12. The molecular formula is C15H16N4S. The third-order valence-corrected chi connectivity index (χ3v) is 4.32. The van der Waals surface area contributed by atoms with Gasteiger partial charge in [0, 0.05) is 22.1 Å². The molecule has 0 bridgehead atoms. The zero-order valence-corrected chi connectivity index (χ0v) is 12.5. The van der Waals surface area contributed by atoms with Crippen molar-refractivity contribution in [2.24, 2.45) is 0 Å². The molecular weight excluding hydrogens is 268 g/mol. The molecule has 3 heterocycles. The second-order valence-corrected chi connectivity index (χ2v) is 6.31. The predicted molar refractivity (Wildman–Crippen MR) is 83.2 cm³/mol. The zero-order chi connectivity index (χ0) is 14.1. The van der Waals surface area contributed by atoms with Gasteiger partial charge in [-0.25, -0.2) is 9.97 Å². The lowest BCUT2D eigenvalue weighted by Gasteiger charge is -2.15. The van der Waals surface area contributed by atoms with Crippen LogP contribution in [0.5, 0.6) is 0 Å². The lowest BCUT2D eigenvalue weighted by atomic mass is 10.1. The minimum Gasteiger partial charge on any atom is -0.363 e. The summed E-state index contributed by atoms with van der Waals surface area (Å²) in [6.07, 6.45) is 5.13. The summed E-state index contributed by atoms with van der Waals surface area (Å²) in [4.78, 5) is 15.4. The summed E-state index contributed by atoms with van der Waals surface area (Å²) >= 11 is 1.83. The van der Waals surface area contributed by atoms with Crippen LogP contribution in [0.4, 0.5) is 5.82 Å². The van der Waals surface area contributed by atoms with E-state index in [-0.39, 0.29) is 6.04 Å². The highest BCUT2D eigenvalue weighted by Crippen LogP contribution is 2.29. The molecule has 102 valence electrons. The Bertz CT molecular complexity index is 745. The van der Waals surface area contributed by atoms with Crippen LogP contribution in [0.15, 0.2) is 30.9 Å². The van der Waals surface area contributed by atoms with Crippen LogP contribution >= 0.6 is 11.3 Å². The lowest BCUT2D eigenvalue weighted by Crippen LogP contribution is -2.08. The number of nitrogens with one attached hydrogen (secondary N) is 1. The number of aromatic nitrogens is 3. The molecule has 5 heteroatoms. The zero-order valence-electron chi connectivity index (χ0n) is 11.7. The largest absolute Gasteiger partial charge is 0.363 e. The van der Waals surface area contributed by atoms with Crippen molar-refractivity contribution in [3.8, 4) is 0 Å². The molecule has 0 fully saturated rings. The SMILES string of the molecule is Cc1cc([C@@H](C)Nc2ncnc3ccncc23)c(C)s1. The van der Waals surface area contributed by atoms with E-state index >= 15 is 0 Å². The molecule has 20 heavy (non-hydrogen) atoms. The summed E-state index contributed by atoms with van der Waals surface area (Å²) in [6, 6.07) is 4.34. The number of fused-ring (bicyclic) bond motifs is 1. The first-order chi connectivity index (χ1) is 9.65. The molecule has 1 N–H and O–H groups in total. The first-order valence-corrected chi connectivity index (χ1v) is 7.35. The van der Waals surface area contributed by atoms with Gasteiger partial charge in [-0.2, -0.15) is 0 Å². The summed E-state index contributed by atoms with van der Waals surface area (Å²) in [5.74, 6) is 0.832. The van der Waals surface area contributed by atoms with E-state index in [1.165, 1.54) is 15.3 Å². The van der Waals surface area contributed by atoms with Crippen molar-refractivity contribution in [1.82, 2.24) is 15.0 Å². The van der Waals surface area contributed by atoms with E-state index in [9.17, 15) is 0 Å². The fourth-order valence-corrected chi connectivity index (χ4v) is 3.40. The summed E-state index contributed by atoms with van der Waals surface area (Å²) in [7, 11) is 0. The van der Waals surface area contributed by atoms with Crippen molar-refractivity contribution in [1.29, 1.82) is 0 Å². The second kappa shape index (κ2) is 5.17. The molecule has 0 spiro atoms. The van der Waals surface area contributed by atoms with Crippen molar-refractivity contribution in [3.63, 3.8) is 0 Å². The maximum atomic E-state index is 4.35. The molecule has 3 rings (SSSR count). The van der Waals surface area contributed by atoms with Crippen molar-refractivity contribution >= 4 is 28.1 Å². The van der Waals surface area contributed by atoms with Crippen LogP contribution in [0.25, 0.3) is 10.9 Å². The van der Waals surface area contributed by atoms with Gasteiger partial charge in [-0.05, 0) is 38.5 Å². The molecule has 4 nitrogen and oxygen atoms in total. The van der Waals surface area contributed by atoms with Gasteiger partial charge in [-0.3, -0.25) is 4.98 Å². The maximum absolute atomic E-state index is 4.35. The Hall–Kier alpha value is -2.01. The normalized spacial score (nSPS) is 12.6. The summed E-state index contributed by atoms with van der Waals surface area (Å²) in [5.41, 5.74) is 2.23. The first kappa shape index (κ1) is 13.0. The third kappa shape index (κ3) is 2.36. The first-order valence-electron chi connectivity index (χ1n) is 6.53. The number of nitrogens with zero attached hydrogens (tertiary/aromatic N) is 3. The monoisotopic (exact) mass is 284 g/mol. The van der Waals surface area contributed by atoms with Crippen molar-refractivity contribution in [2.75, 3.05) is 5.32 Å². The Morgan fingerprint density at radius 1 is 1.25 bits per heavy atom. The smallest absolute Gasteiger partial charge is 0.139 e. The molecule has 3 aromatic rings. The van der Waals surface area contributed by atoms with Crippen LogP contribution in [-0.4, -0.2) is 15.0 Å². The second-order valence-electron chi connectivity index (χ2n) is 4.85. The molecule has 0 amide bonds. The van der Waals surface area contributed by atoms with Crippen LogP contribution < -0.4 is 5.32 Å². The van der Waals surface area contributed by atoms with Crippen molar-refractivity contribution in [2.45, 2.75) is 26.8 Å². The van der Waals surface area contributed by atoms with Crippen LogP contribution in [-0.2, 0) is 0 Å². The topological polar surface area (TPSA) is 50.7 Å². The van der Waals surface area contributed by atoms with Gasteiger partial charge in [0.05, 0.1) is 16.9 Å². The number of hydrogen-bond acceptors (Lipinski definition) is 5. The van der Waals surface area contributed by atoms with E-state index in [2.05, 4.69) is 47.1 Å². The van der Waals surface area contributed by atoms with Gasteiger partial charge in [-0.1, -0.05) is 0 Å². The van der Waals surface area contributed by atoms with Crippen LogP contribution in [0.2, 0.25) is 0 Å². The van der Waals surface area contributed by atoms with Gasteiger partial charge in [0.1, 0.15) is 12.1 Å². The molecule has 0 saturated carbocycles. The number of rotatable bonds is 3. The minimum absolute atomic E-state index is 0.207. The number of anilines is 1. The minimum atomic E-state index is 0.207. The molecule has 0 aliphatic carbocycles. The Morgan fingerprint density at radius 2 is 2.10 bits per heavy atom. The third-order valence-electron chi connectivity index (χ3n) is 3.34. The Labute approximate surface area is 121 Å². The van der Waals surface area contributed by atoms with Gasteiger partial charge < -0.3 is 5.32 Å². The lowest BCUT2D eigenvalue weighted by molar-refractivity contribution is 0.873. The van der Waals surface area contributed by atoms with E-state index in [1.54, 1.807) is 18.7 Å². The highest BCUT2D eigenvalue weighted by Gasteiger charge is 2.13.